The molecule has 24 heavy (non-hydrogen) atoms. The molecular formula is C19H29N3O2. The van der Waals surface area contributed by atoms with Gasteiger partial charge in [-0.3, -0.25) is 9.69 Å². The molecule has 132 valence electrons. The number of aliphatic hydroxyl groups is 1. The van der Waals surface area contributed by atoms with Gasteiger partial charge < -0.3 is 15.3 Å². The highest BCUT2D eigenvalue weighted by molar-refractivity contribution is 5.76. The van der Waals surface area contributed by atoms with Gasteiger partial charge in [0.05, 0.1) is 12.6 Å². The van der Waals surface area contributed by atoms with Crippen molar-refractivity contribution in [2.75, 3.05) is 45.9 Å². The summed E-state index contributed by atoms with van der Waals surface area (Å²) in [7, 11) is 0. The molecular weight excluding hydrogens is 302 g/mol. The van der Waals surface area contributed by atoms with E-state index in [1.807, 2.05) is 0 Å². The third-order valence-electron chi connectivity index (χ3n) is 5.24. The highest BCUT2D eigenvalue weighted by Crippen LogP contribution is 2.29. The number of amides is 1. The van der Waals surface area contributed by atoms with Gasteiger partial charge >= 0.3 is 0 Å². The molecule has 5 nitrogen and oxygen atoms in total. The topological polar surface area (TPSA) is 55.8 Å². The number of rotatable bonds is 6. The first-order valence-corrected chi connectivity index (χ1v) is 9.19. The number of hydrogen-bond donors (Lipinski definition) is 2. The van der Waals surface area contributed by atoms with Crippen LogP contribution in [0.2, 0.25) is 0 Å². The van der Waals surface area contributed by atoms with Gasteiger partial charge in [0.1, 0.15) is 0 Å². The number of aliphatic hydroxyl groups excluding tert-OH is 1. The molecule has 1 fully saturated rings. The summed E-state index contributed by atoms with van der Waals surface area (Å²) in [5.41, 5.74) is 2.68. The maximum absolute atomic E-state index is 12.3. The van der Waals surface area contributed by atoms with Crippen LogP contribution < -0.4 is 5.32 Å². The molecule has 0 bridgehead atoms. The van der Waals surface area contributed by atoms with E-state index in [9.17, 15) is 4.79 Å². The van der Waals surface area contributed by atoms with E-state index in [1.54, 1.807) is 0 Å². The maximum atomic E-state index is 12.3. The number of β-amino-alcohol motifs (C(OH)–C–C–N with tert-alkyl or cyclic N) is 1. The summed E-state index contributed by atoms with van der Waals surface area (Å²) in [6.45, 7) is 5.75. The molecule has 1 atom stereocenters. The molecule has 1 saturated heterocycles. The second kappa shape index (κ2) is 8.60. The minimum absolute atomic E-state index is 0.162. The quantitative estimate of drug-likeness (QED) is 0.822. The number of hydrogen-bond acceptors (Lipinski definition) is 4. The molecule has 1 aromatic rings. The van der Waals surface area contributed by atoms with Crippen LogP contribution in [0.3, 0.4) is 0 Å². The lowest BCUT2D eigenvalue weighted by atomic mass is 9.87. The van der Waals surface area contributed by atoms with Gasteiger partial charge in [-0.1, -0.05) is 24.3 Å². The molecule has 1 aromatic carbocycles. The molecule has 5 heteroatoms. The lowest BCUT2D eigenvalue weighted by Gasteiger charge is -2.34. The van der Waals surface area contributed by atoms with Crippen molar-refractivity contribution in [3.05, 3.63) is 35.4 Å². The second-order valence-corrected chi connectivity index (χ2v) is 6.87. The van der Waals surface area contributed by atoms with Crippen LogP contribution in [0.5, 0.6) is 0 Å². The number of carbonyl (C=O) groups excluding carboxylic acids is 1. The number of nitrogens with zero attached hydrogens (tertiary/aromatic N) is 2. The Kier molecular flexibility index (Phi) is 6.24. The third kappa shape index (κ3) is 4.56. The predicted molar refractivity (Wildman–Crippen MR) is 94.8 cm³/mol. The van der Waals surface area contributed by atoms with Gasteiger partial charge in [0.2, 0.25) is 5.91 Å². The minimum Gasteiger partial charge on any atom is -0.395 e. The van der Waals surface area contributed by atoms with Gasteiger partial charge in [-0.15, -0.1) is 0 Å². The largest absolute Gasteiger partial charge is 0.395 e. The lowest BCUT2D eigenvalue weighted by Crippen LogP contribution is -2.48. The highest BCUT2D eigenvalue weighted by atomic mass is 16.3. The van der Waals surface area contributed by atoms with Gasteiger partial charge in [0.25, 0.3) is 0 Å². The first-order chi connectivity index (χ1) is 11.8. The number of fused-ring (bicyclic) bond motifs is 1. The number of benzene rings is 1. The van der Waals surface area contributed by atoms with E-state index in [-0.39, 0.29) is 18.6 Å². The van der Waals surface area contributed by atoms with Crippen LogP contribution in [0.4, 0.5) is 0 Å². The summed E-state index contributed by atoms with van der Waals surface area (Å²) in [5.74, 6) is 0.162. The minimum atomic E-state index is 0.162. The normalized spacial score (nSPS) is 22.1. The summed E-state index contributed by atoms with van der Waals surface area (Å²) in [5, 5.41) is 12.2. The summed E-state index contributed by atoms with van der Waals surface area (Å²) in [4.78, 5) is 17.0. The van der Waals surface area contributed by atoms with E-state index < -0.39 is 0 Å². The Balaban J connectivity index is 1.42. The van der Waals surface area contributed by atoms with Gasteiger partial charge in [-0.25, -0.2) is 0 Å². The van der Waals surface area contributed by atoms with E-state index in [2.05, 4.69) is 39.4 Å². The number of nitrogens with one attached hydrogen (secondary N) is 1. The molecule has 2 aliphatic rings. The zero-order valence-electron chi connectivity index (χ0n) is 14.4. The Morgan fingerprint density at radius 2 is 1.83 bits per heavy atom. The van der Waals surface area contributed by atoms with Crippen molar-refractivity contribution < 1.29 is 9.90 Å². The van der Waals surface area contributed by atoms with Gasteiger partial charge in [-0.2, -0.15) is 0 Å². The zero-order valence-corrected chi connectivity index (χ0v) is 14.4. The molecule has 1 amide bonds. The summed E-state index contributed by atoms with van der Waals surface area (Å²) in [6.07, 6.45) is 3.89. The SMILES string of the molecule is O=C(CCN1CCN(CCO)CC1)NC1CCCc2ccccc21. The van der Waals surface area contributed by atoms with Crippen LogP contribution in [-0.4, -0.2) is 66.7 Å². The Morgan fingerprint density at radius 3 is 2.58 bits per heavy atom. The smallest absolute Gasteiger partial charge is 0.221 e. The number of aryl methyl sites for hydroxylation is 1. The van der Waals surface area contributed by atoms with Crippen molar-refractivity contribution in [3.63, 3.8) is 0 Å². The fourth-order valence-corrected chi connectivity index (χ4v) is 3.81. The van der Waals surface area contributed by atoms with Gasteiger partial charge in [0.15, 0.2) is 0 Å². The van der Waals surface area contributed by atoms with Crippen molar-refractivity contribution in [2.24, 2.45) is 0 Å². The molecule has 0 spiro atoms. The van der Waals surface area contributed by atoms with Crippen molar-refractivity contribution >= 4 is 5.91 Å². The van der Waals surface area contributed by atoms with Crippen LogP contribution >= 0.6 is 0 Å². The van der Waals surface area contributed by atoms with Crippen molar-refractivity contribution in [1.82, 2.24) is 15.1 Å². The fourth-order valence-electron chi connectivity index (χ4n) is 3.81. The summed E-state index contributed by atoms with van der Waals surface area (Å²) >= 11 is 0. The molecule has 2 N–H and O–H groups in total. The van der Waals surface area contributed by atoms with Crippen LogP contribution in [0.25, 0.3) is 0 Å². The van der Waals surface area contributed by atoms with Gasteiger partial charge in [-0.05, 0) is 30.4 Å². The maximum Gasteiger partial charge on any atom is 0.221 e. The summed E-state index contributed by atoms with van der Waals surface area (Å²) in [6, 6.07) is 8.66. The molecule has 1 aliphatic heterocycles. The van der Waals surface area contributed by atoms with Crippen LogP contribution in [0.1, 0.15) is 36.4 Å². The summed E-state index contributed by atoms with van der Waals surface area (Å²) < 4.78 is 0. The number of carbonyl (C=O) groups is 1. The molecule has 3 rings (SSSR count). The van der Waals surface area contributed by atoms with Crippen molar-refractivity contribution in [2.45, 2.75) is 31.7 Å². The predicted octanol–water partition coefficient (Wildman–Crippen LogP) is 1.18. The standard InChI is InChI=1S/C19H29N3O2/c23-15-14-22-12-10-21(11-13-22)9-8-19(24)20-18-7-3-5-16-4-1-2-6-17(16)18/h1-2,4,6,18,23H,3,5,7-15H2,(H,20,24). The first kappa shape index (κ1) is 17.4. The Hall–Kier alpha value is -1.43. The second-order valence-electron chi connectivity index (χ2n) is 6.87. The fraction of sp³-hybridized carbons (Fsp3) is 0.632. The van der Waals surface area contributed by atoms with Gasteiger partial charge in [0, 0.05) is 45.7 Å². The van der Waals surface area contributed by atoms with E-state index >= 15 is 0 Å². The van der Waals surface area contributed by atoms with Crippen molar-refractivity contribution in [3.8, 4) is 0 Å². The molecule has 1 heterocycles. The Bertz CT molecular complexity index is 541. The molecule has 0 saturated carbocycles. The lowest BCUT2D eigenvalue weighted by molar-refractivity contribution is -0.122. The highest BCUT2D eigenvalue weighted by Gasteiger charge is 2.22. The van der Waals surface area contributed by atoms with E-state index in [0.29, 0.717) is 6.42 Å². The average Bonchev–Trinajstić information content (AvgIpc) is 2.62. The van der Waals surface area contributed by atoms with Crippen LogP contribution in [0, 0.1) is 0 Å². The number of piperazine rings is 1. The molecule has 0 aromatic heterocycles. The monoisotopic (exact) mass is 331 g/mol. The zero-order chi connectivity index (χ0) is 16.8. The van der Waals surface area contributed by atoms with Crippen LogP contribution in [-0.2, 0) is 11.2 Å². The average molecular weight is 331 g/mol. The Morgan fingerprint density at radius 1 is 1.12 bits per heavy atom. The van der Waals surface area contributed by atoms with E-state index in [4.69, 9.17) is 5.11 Å². The van der Waals surface area contributed by atoms with E-state index in [1.165, 1.54) is 11.1 Å². The Labute approximate surface area is 144 Å². The van der Waals surface area contributed by atoms with Crippen LogP contribution in [0.15, 0.2) is 24.3 Å². The molecule has 1 unspecified atom stereocenters. The molecule has 0 radical (unpaired) electrons. The van der Waals surface area contributed by atoms with Crippen molar-refractivity contribution in [1.29, 1.82) is 0 Å². The first-order valence-electron chi connectivity index (χ1n) is 9.19. The van der Waals surface area contributed by atoms with E-state index in [0.717, 1.165) is 58.5 Å². The molecule has 1 aliphatic carbocycles. The third-order valence-corrected chi connectivity index (χ3v) is 5.24.